The molecule has 2 atom stereocenters. The van der Waals surface area contributed by atoms with Gasteiger partial charge in [-0.2, -0.15) is 0 Å². The minimum atomic E-state index is -4.88. The summed E-state index contributed by atoms with van der Waals surface area (Å²) in [7, 11) is 0. The Bertz CT molecular complexity index is 1250. The zero-order valence-electron chi connectivity index (χ0n) is 18.2. The number of aromatic nitrogens is 2. The molecule has 0 fully saturated rings. The number of hydrogen-bond acceptors (Lipinski definition) is 4. The fraction of sp³-hybridized carbons (Fsp3) is 0.348. The Labute approximate surface area is 197 Å². The van der Waals surface area contributed by atoms with Crippen LogP contribution < -0.4 is 16.0 Å². The van der Waals surface area contributed by atoms with Crippen LogP contribution in [0.3, 0.4) is 0 Å². The number of alkyl halides is 4. The van der Waals surface area contributed by atoms with Gasteiger partial charge in [0, 0.05) is 24.2 Å². The van der Waals surface area contributed by atoms with Gasteiger partial charge in [-0.05, 0) is 43.2 Å². The fourth-order valence-corrected chi connectivity index (χ4v) is 4.02. The first kappa shape index (κ1) is 24.0. The van der Waals surface area contributed by atoms with Gasteiger partial charge in [0.2, 0.25) is 0 Å². The molecule has 1 unspecified atom stereocenters. The number of nitrogens with zero attached hydrogens (tertiary/aromatic N) is 2. The second kappa shape index (κ2) is 9.63. The van der Waals surface area contributed by atoms with Crippen LogP contribution in [0.2, 0.25) is 0 Å². The summed E-state index contributed by atoms with van der Waals surface area (Å²) in [6.45, 7) is 1.87. The van der Waals surface area contributed by atoms with Crippen LogP contribution in [-0.4, -0.2) is 58.1 Å². The van der Waals surface area contributed by atoms with Crippen molar-refractivity contribution in [3.05, 3.63) is 63.6 Å². The van der Waals surface area contributed by atoms with E-state index in [1.165, 1.54) is 12.1 Å². The van der Waals surface area contributed by atoms with Gasteiger partial charge < -0.3 is 15.2 Å². The summed E-state index contributed by atoms with van der Waals surface area (Å²) >= 11 is 6.10. The maximum absolute atomic E-state index is 12.9. The van der Waals surface area contributed by atoms with Crippen LogP contribution in [-0.2, 0) is 4.74 Å². The van der Waals surface area contributed by atoms with Gasteiger partial charge in [0.25, 0.3) is 11.8 Å². The number of H-pyrrole nitrogens is 1. The molecule has 0 saturated heterocycles. The number of rotatable bonds is 6. The van der Waals surface area contributed by atoms with Gasteiger partial charge in [0.1, 0.15) is 11.9 Å². The standard InChI is InChI=1S/C23H22ClF3N4O3/c1-13-10-14(4-6-16(13)22(33)31-8-2-3-9-31)21(32)30-19(12-34-23(25,26)27)20-28-17-7-5-15(24)11-18(17)29-20/h2-4,6-7,10-11,15,19H,5,8-9,12H2,1H3,(H,28,29)(H,30,32)/t15?,19-/m0/s1. The number of fused-ring (bicyclic) bond motifs is 1. The number of amides is 2. The Morgan fingerprint density at radius 3 is 2.74 bits per heavy atom. The van der Waals surface area contributed by atoms with Crippen molar-refractivity contribution < 1.29 is 27.5 Å². The van der Waals surface area contributed by atoms with Crippen molar-refractivity contribution in [2.24, 2.45) is 0 Å². The monoisotopic (exact) mass is 494 g/mol. The van der Waals surface area contributed by atoms with Crippen LogP contribution in [0.15, 0.2) is 30.4 Å². The molecule has 1 aliphatic heterocycles. The molecule has 0 saturated carbocycles. The number of halogens is 4. The Morgan fingerprint density at radius 2 is 2.06 bits per heavy atom. The summed E-state index contributed by atoms with van der Waals surface area (Å²) in [5, 5.41) is 3.41. The molecule has 0 bridgehead atoms. The first-order valence-electron chi connectivity index (χ1n) is 10.6. The summed E-state index contributed by atoms with van der Waals surface area (Å²) < 4.78 is 42.2. The van der Waals surface area contributed by atoms with Crippen molar-refractivity contribution in [3.8, 4) is 0 Å². The average Bonchev–Trinajstić information content (AvgIpc) is 3.45. The van der Waals surface area contributed by atoms with Crippen LogP contribution in [0.4, 0.5) is 13.2 Å². The molecule has 2 N–H and O–H groups in total. The summed E-state index contributed by atoms with van der Waals surface area (Å²) in [5.74, 6) is -0.665. The van der Waals surface area contributed by atoms with E-state index in [0.717, 1.165) is 0 Å². The number of ether oxygens (including phenoxy) is 1. The third-order valence-corrected chi connectivity index (χ3v) is 5.84. The normalized spacial score (nSPS) is 18.1. The number of carbonyl (C=O) groups is 2. The van der Waals surface area contributed by atoms with Crippen LogP contribution in [0.1, 0.15) is 44.6 Å². The van der Waals surface area contributed by atoms with E-state index in [9.17, 15) is 22.8 Å². The molecular formula is C23H22ClF3N4O3. The van der Waals surface area contributed by atoms with E-state index in [-0.39, 0.29) is 22.7 Å². The molecule has 2 aliphatic rings. The number of imidazole rings is 1. The maximum Gasteiger partial charge on any atom is 0.522 e. The van der Waals surface area contributed by atoms with E-state index < -0.39 is 24.9 Å². The van der Waals surface area contributed by atoms with Crippen molar-refractivity contribution in [1.82, 2.24) is 20.2 Å². The van der Waals surface area contributed by atoms with Crippen LogP contribution in [0, 0.1) is 6.92 Å². The quantitative estimate of drug-likeness (QED) is 0.476. The topological polar surface area (TPSA) is 87.3 Å². The van der Waals surface area contributed by atoms with Crippen molar-refractivity contribution in [2.45, 2.75) is 31.1 Å². The summed E-state index contributed by atoms with van der Waals surface area (Å²) in [5.41, 5.74) is 1.23. The third-order valence-electron chi connectivity index (χ3n) is 5.54. The van der Waals surface area contributed by atoms with Gasteiger partial charge in [0.05, 0.1) is 22.7 Å². The van der Waals surface area contributed by atoms with Crippen LogP contribution in [0.5, 0.6) is 0 Å². The molecule has 2 amide bonds. The molecule has 1 aromatic carbocycles. The highest BCUT2D eigenvalue weighted by Crippen LogP contribution is 2.21. The zero-order chi connectivity index (χ0) is 24.5. The SMILES string of the molecule is Cc1cc(C(=O)N[C@@H](COC(F)(F)F)c2nc3c([nH]2)=CC(Cl)CC=3)ccc1C(=O)N1CC=CC1. The lowest BCUT2D eigenvalue weighted by Gasteiger charge is -2.19. The Balaban J connectivity index is 1.55. The predicted molar refractivity (Wildman–Crippen MR) is 119 cm³/mol. The molecule has 180 valence electrons. The van der Waals surface area contributed by atoms with E-state index in [1.54, 1.807) is 30.0 Å². The second-order valence-corrected chi connectivity index (χ2v) is 8.60. The van der Waals surface area contributed by atoms with Crippen molar-refractivity contribution in [3.63, 3.8) is 0 Å². The highest BCUT2D eigenvalue weighted by Gasteiger charge is 2.32. The molecule has 7 nitrogen and oxygen atoms in total. The number of benzene rings is 1. The minimum Gasteiger partial charge on any atom is -0.340 e. The number of hydrogen-bond donors (Lipinski definition) is 2. The van der Waals surface area contributed by atoms with Gasteiger partial charge >= 0.3 is 6.36 Å². The Hall–Kier alpha value is -3.11. The first-order chi connectivity index (χ1) is 16.1. The molecule has 1 aliphatic carbocycles. The van der Waals surface area contributed by atoms with Crippen LogP contribution in [0.25, 0.3) is 12.2 Å². The highest BCUT2D eigenvalue weighted by molar-refractivity contribution is 6.24. The smallest absolute Gasteiger partial charge is 0.340 e. The van der Waals surface area contributed by atoms with Crippen molar-refractivity contribution in [2.75, 3.05) is 19.7 Å². The van der Waals surface area contributed by atoms with E-state index in [0.29, 0.717) is 41.3 Å². The summed E-state index contributed by atoms with van der Waals surface area (Å²) in [6.07, 6.45) is 2.93. The fourth-order valence-electron chi connectivity index (χ4n) is 3.81. The van der Waals surface area contributed by atoms with E-state index in [4.69, 9.17) is 11.6 Å². The van der Waals surface area contributed by atoms with Gasteiger partial charge in [-0.1, -0.05) is 18.2 Å². The average molecular weight is 495 g/mol. The first-order valence-corrected chi connectivity index (χ1v) is 11.0. The van der Waals surface area contributed by atoms with Gasteiger partial charge in [-0.25, -0.2) is 4.98 Å². The van der Waals surface area contributed by atoms with Gasteiger partial charge in [-0.15, -0.1) is 24.8 Å². The molecule has 0 radical (unpaired) electrons. The predicted octanol–water partition coefficient (Wildman–Crippen LogP) is 2.31. The second-order valence-electron chi connectivity index (χ2n) is 8.04. The molecule has 4 rings (SSSR count). The molecule has 1 aromatic heterocycles. The van der Waals surface area contributed by atoms with E-state index in [1.807, 2.05) is 12.2 Å². The molecule has 2 aromatic rings. The van der Waals surface area contributed by atoms with Crippen molar-refractivity contribution >= 4 is 35.6 Å². The van der Waals surface area contributed by atoms with E-state index in [2.05, 4.69) is 20.0 Å². The molecule has 0 spiro atoms. The van der Waals surface area contributed by atoms with Gasteiger partial charge in [0.15, 0.2) is 0 Å². The lowest BCUT2D eigenvalue weighted by Crippen LogP contribution is -2.34. The molecule has 2 heterocycles. The number of aryl methyl sites for hydroxylation is 1. The zero-order valence-corrected chi connectivity index (χ0v) is 18.9. The Kier molecular flexibility index (Phi) is 6.81. The number of aromatic amines is 1. The summed E-state index contributed by atoms with van der Waals surface area (Å²) in [6, 6.07) is 3.34. The van der Waals surface area contributed by atoms with E-state index >= 15 is 0 Å². The van der Waals surface area contributed by atoms with Crippen molar-refractivity contribution in [1.29, 1.82) is 0 Å². The molecular weight excluding hydrogens is 473 g/mol. The maximum atomic E-state index is 12.9. The highest BCUT2D eigenvalue weighted by atomic mass is 35.5. The largest absolute Gasteiger partial charge is 0.522 e. The van der Waals surface area contributed by atoms with Crippen LogP contribution >= 0.6 is 11.6 Å². The molecule has 34 heavy (non-hydrogen) atoms. The third kappa shape index (κ3) is 5.51. The Morgan fingerprint density at radius 1 is 1.32 bits per heavy atom. The minimum absolute atomic E-state index is 0.117. The lowest BCUT2D eigenvalue weighted by atomic mass is 10.0. The number of nitrogens with one attached hydrogen (secondary N) is 2. The lowest BCUT2D eigenvalue weighted by molar-refractivity contribution is -0.326. The van der Waals surface area contributed by atoms with Gasteiger partial charge in [-0.3, -0.25) is 14.3 Å². The number of carbonyl (C=O) groups excluding carboxylic acids is 2. The summed E-state index contributed by atoms with van der Waals surface area (Å²) in [4.78, 5) is 34.4. The molecule has 11 heteroatoms.